The fraction of sp³-hybridized carbons (Fsp3) is 0.333. The van der Waals surface area contributed by atoms with Crippen LogP contribution in [0.3, 0.4) is 0 Å². The highest BCUT2D eigenvalue weighted by Crippen LogP contribution is 2.35. The number of nitrogens with two attached hydrogens (primary N) is 1. The Labute approximate surface area is 97.2 Å². The second-order valence-corrected chi connectivity index (χ2v) is 3.78. The lowest BCUT2D eigenvalue weighted by molar-refractivity contribution is 0.0537. The lowest BCUT2D eigenvalue weighted by atomic mass is 10.3. The predicted molar refractivity (Wildman–Crippen MR) is 59.5 cm³/mol. The van der Waals surface area contributed by atoms with Crippen LogP contribution in [0, 0.1) is 0 Å². The van der Waals surface area contributed by atoms with E-state index in [1.165, 1.54) is 12.1 Å². The van der Waals surface area contributed by atoms with Gasteiger partial charge in [-0.3, -0.25) is 0 Å². The molecule has 0 saturated heterocycles. The van der Waals surface area contributed by atoms with Crippen molar-refractivity contribution >= 4 is 28.9 Å². The second-order valence-electron chi connectivity index (χ2n) is 2.96. The molecule has 1 unspecified atom stereocenters. The van der Waals surface area contributed by atoms with Gasteiger partial charge in [-0.25, -0.2) is 0 Å². The van der Waals surface area contributed by atoms with Gasteiger partial charge in [0, 0.05) is 5.69 Å². The lowest BCUT2D eigenvalue weighted by Crippen LogP contribution is -2.21. The molecule has 1 aromatic carbocycles. The van der Waals surface area contributed by atoms with Crippen LogP contribution in [0.5, 0.6) is 5.75 Å². The molecule has 0 aromatic heterocycles. The molecule has 4 nitrogen and oxygen atoms in total. The summed E-state index contributed by atoms with van der Waals surface area (Å²) in [6.07, 6.45) is -0.963. The summed E-state index contributed by atoms with van der Waals surface area (Å²) < 4.78 is 5.15. The van der Waals surface area contributed by atoms with Crippen LogP contribution in [0.1, 0.15) is 0 Å². The molecule has 0 aliphatic rings. The van der Waals surface area contributed by atoms with E-state index in [-0.39, 0.29) is 29.0 Å². The summed E-state index contributed by atoms with van der Waals surface area (Å²) in [5, 5.41) is 18.2. The molecular weight excluding hydrogens is 241 g/mol. The summed E-state index contributed by atoms with van der Waals surface area (Å²) in [7, 11) is 0. The number of aliphatic hydroxyl groups excluding tert-OH is 2. The third-order valence-electron chi connectivity index (χ3n) is 1.65. The molecule has 0 radical (unpaired) electrons. The van der Waals surface area contributed by atoms with Gasteiger partial charge in [0.1, 0.15) is 12.7 Å². The number of aliphatic hydroxyl groups is 2. The summed E-state index contributed by atoms with van der Waals surface area (Å²) in [5.74, 6) is 0.250. The number of hydrogen-bond donors (Lipinski definition) is 3. The van der Waals surface area contributed by atoms with Gasteiger partial charge in [-0.1, -0.05) is 23.2 Å². The van der Waals surface area contributed by atoms with Gasteiger partial charge < -0.3 is 20.7 Å². The third kappa shape index (κ3) is 3.43. The van der Waals surface area contributed by atoms with Crippen molar-refractivity contribution in [3.05, 3.63) is 22.2 Å². The first-order valence-electron chi connectivity index (χ1n) is 4.21. The van der Waals surface area contributed by atoms with Crippen molar-refractivity contribution in [2.24, 2.45) is 0 Å². The SMILES string of the molecule is Nc1cc(Cl)c(OCC(O)CO)c(Cl)c1. The molecule has 1 aromatic rings. The number of hydrogen-bond acceptors (Lipinski definition) is 4. The van der Waals surface area contributed by atoms with Crippen LogP contribution in [0.4, 0.5) is 5.69 Å². The maximum atomic E-state index is 9.07. The standard InChI is InChI=1S/C9H11Cl2NO3/c10-7-1-5(12)2-8(11)9(7)15-4-6(14)3-13/h1-2,6,13-14H,3-4,12H2. The molecule has 84 valence electrons. The first kappa shape index (κ1) is 12.4. The van der Waals surface area contributed by atoms with Crippen molar-refractivity contribution in [1.82, 2.24) is 0 Å². The van der Waals surface area contributed by atoms with Gasteiger partial charge in [0.15, 0.2) is 5.75 Å². The Hall–Kier alpha value is -0.680. The zero-order chi connectivity index (χ0) is 11.4. The minimum atomic E-state index is -0.963. The Kier molecular flexibility index (Phi) is 4.47. The fourth-order valence-corrected chi connectivity index (χ4v) is 1.56. The summed E-state index contributed by atoms with van der Waals surface area (Å²) in [6.45, 7) is -0.468. The number of nitrogen functional groups attached to an aromatic ring is 1. The van der Waals surface area contributed by atoms with Crippen molar-refractivity contribution in [3.8, 4) is 5.75 Å². The molecule has 0 bridgehead atoms. The molecule has 15 heavy (non-hydrogen) atoms. The molecule has 4 N–H and O–H groups in total. The van der Waals surface area contributed by atoms with Crippen LogP contribution < -0.4 is 10.5 Å². The molecule has 0 aliphatic carbocycles. The summed E-state index contributed by atoms with van der Waals surface area (Å²) in [4.78, 5) is 0. The Morgan fingerprint density at radius 2 is 1.87 bits per heavy atom. The van der Waals surface area contributed by atoms with Crippen LogP contribution in [0.25, 0.3) is 0 Å². The molecule has 0 spiro atoms. The highest BCUT2D eigenvalue weighted by Gasteiger charge is 2.10. The van der Waals surface area contributed by atoms with Crippen LogP contribution in [-0.4, -0.2) is 29.5 Å². The molecule has 0 heterocycles. The highest BCUT2D eigenvalue weighted by atomic mass is 35.5. The molecule has 6 heteroatoms. The van der Waals surface area contributed by atoms with Crippen molar-refractivity contribution in [1.29, 1.82) is 0 Å². The molecule has 0 fully saturated rings. The van der Waals surface area contributed by atoms with Gasteiger partial charge in [-0.2, -0.15) is 0 Å². The smallest absolute Gasteiger partial charge is 0.156 e. The summed E-state index contributed by atoms with van der Waals surface area (Å²) >= 11 is 11.7. The van der Waals surface area contributed by atoms with E-state index < -0.39 is 6.10 Å². The van der Waals surface area contributed by atoms with Crippen LogP contribution in [0.2, 0.25) is 10.0 Å². The fourth-order valence-electron chi connectivity index (χ4n) is 0.950. The number of ether oxygens (including phenoxy) is 1. The average molecular weight is 252 g/mol. The molecule has 0 amide bonds. The van der Waals surface area contributed by atoms with Gasteiger partial charge in [0.2, 0.25) is 0 Å². The van der Waals surface area contributed by atoms with E-state index in [0.717, 1.165) is 0 Å². The predicted octanol–water partition coefficient (Wildman–Crippen LogP) is 1.31. The second kappa shape index (κ2) is 5.42. The van der Waals surface area contributed by atoms with Crippen LogP contribution >= 0.6 is 23.2 Å². The number of anilines is 1. The van der Waals surface area contributed by atoms with Crippen LogP contribution in [-0.2, 0) is 0 Å². The largest absolute Gasteiger partial charge is 0.488 e. The molecule has 1 rings (SSSR count). The summed E-state index contributed by atoms with van der Waals surface area (Å²) in [5.41, 5.74) is 5.93. The molecular formula is C9H11Cl2NO3. The topological polar surface area (TPSA) is 75.7 Å². The molecule has 1 atom stereocenters. The minimum Gasteiger partial charge on any atom is -0.488 e. The van der Waals surface area contributed by atoms with Gasteiger partial charge in [-0.15, -0.1) is 0 Å². The minimum absolute atomic E-state index is 0.0835. The first-order valence-corrected chi connectivity index (χ1v) is 4.96. The highest BCUT2D eigenvalue weighted by molar-refractivity contribution is 6.37. The van der Waals surface area contributed by atoms with E-state index in [4.69, 9.17) is 43.9 Å². The molecule has 0 saturated carbocycles. The van der Waals surface area contributed by atoms with Crippen molar-refractivity contribution < 1.29 is 14.9 Å². The number of benzene rings is 1. The van der Waals surface area contributed by atoms with Crippen LogP contribution in [0.15, 0.2) is 12.1 Å². The Morgan fingerprint density at radius 3 is 2.33 bits per heavy atom. The van der Waals surface area contributed by atoms with E-state index in [9.17, 15) is 0 Å². The Morgan fingerprint density at radius 1 is 1.33 bits per heavy atom. The van der Waals surface area contributed by atoms with E-state index in [2.05, 4.69) is 0 Å². The number of halogens is 2. The maximum absolute atomic E-state index is 9.07. The van der Waals surface area contributed by atoms with E-state index in [0.29, 0.717) is 5.69 Å². The van der Waals surface area contributed by atoms with E-state index in [1.807, 2.05) is 0 Å². The quantitative estimate of drug-likeness (QED) is 0.706. The van der Waals surface area contributed by atoms with E-state index >= 15 is 0 Å². The normalized spacial score (nSPS) is 12.5. The van der Waals surface area contributed by atoms with Gasteiger partial charge in [0.05, 0.1) is 16.7 Å². The summed E-state index contributed by atoms with van der Waals surface area (Å²) in [6, 6.07) is 2.99. The lowest BCUT2D eigenvalue weighted by Gasteiger charge is -2.12. The molecule has 0 aliphatic heterocycles. The van der Waals surface area contributed by atoms with E-state index in [1.54, 1.807) is 0 Å². The Bertz CT molecular complexity index is 323. The third-order valence-corrected chi connectivity index (χ3v) is 2.21. The monoisotopic (exact) mass is 251 g/mol. The van der Waals surface area contributed by atoms with Gasteiger partial charge >= 0.3 is 0 Å². The zero-order valence-corrected chi connectivity index (χ0v) is 9.29. The van der Waals surface area contributed by atoms with Crippen molar-refractivity contribution in [2.75, 3.05) is 18.9 Å². The first-order chi connectivity index (χ1) is 7.04. The van der Waals surface area contributed by atoms with Crippen molar-refractivity contribution in [3.63, 3.8) is 0 Å². The Balaban J connectivity index is 2.77. The van der Waals surface area contributed by atoms with Gasteiger partial charge in [-0.05, 0) is 12.1 Å². The van der Waals surface area contributed by atoms with Gasteiger partial charge in [0.25, 0.3) is 0 Å². The maximum Gasteiger partial charge on any atom is 0.156 e. The number of rotatable bonds is 4. The van der Waals surface area contributed by atoms with Crippen molar-refractivity contribution in [2.45, 2.75) is 6.10 Å². The average Bonchev–Trinajstić information content (AvgIpc) is 2.15. The zero-order valence-electron chi connectivity index (χ0n) is 7.78.